The lowest BCUT2D eigenvalue weighted by Crippen LogP contribution is -2.26. The number of carbonyl (C=O) groups is 1. The van der Waals surface area contributed by atoms with Gasteiger partial charge in [-0.05, 0) is 25.0 Å². The summed E-state index contributed by atoms with van der Waals surface area (Å²) in [5.41, 5.74) is 2.12. The average molecular weight is 358 g/mol. The molecule has 0 bridgehead atoms. The van der Waals surface area contributed by atoms with Crippen LogP contribution in [0.25, 0.3) is 11.4 Å². The van der Waals surface area contributed by atoms with Gasteiger partial charge >= 0.3 is 5.97 Å². The van der Waals surface area contributed by atoms with Gasteiger partial charge in [0.05, 0.1) is 5.92 Å². The molecule has 2 heterocycles. The molecule has 0 radical (unpaired) electrons. The number of aliphatic carboxylic acids is 1. The largest absolute Gasteiger partial charge is 0.481 e. The predicted molar refractivity (Wildman–Crippen MR) is 82.1 cm³/mol. The van der Waals surface area contributed by atoms with Gasteiger partial charge in [0.1, 0.15) is 5.82 Å². The molecule has 20 heavy (non-hydrogen) atoms. The van der Waals surface area contributed by atoms with E-state index in [1.54, 1.807) is 0 Å². The maximum Gasteiger partial charge on any atom is 0.308 e. The Morgan fingerprint density at radius 3 is 2.95 bits per heavy atom. The quantitative estimate of drug-likeness (QED) is 0.896. The second-order valence-corrected chi connectivity index (χ2v) is 5.68. The van der Waals surface area contributed by atoms with Gasteiger partial charge in [-0.15, -0.1) is 12.4 Å². The zero-order chi connectivity index (χ0) is 13.4. The molecule has 1 atom stereocenters. The van der Waals surface area contributed by atoms with Crippen molar-refractivity contribution in [3.05, 3.63) is 40.6 Å². The van der Waals surface area contributed by atoms with Crippen LogP contribution in [-0.4, -0.2) is 20.6 Å². The highest BCUT2D eigenvalue weighted by molar-refractivity contribution is 9.10. The fourth-order valence-electron chi connectivity index (χ4n) is 2.51. The number of hydrogen-bond acceptors (Lipinski definition) is 2. The van der Waals surface area contributed by atoms with Gasteiger partial charge in [0, 0.05) is 28.5 Å². The molecule has 0 spiro atoms. The molecule has 0 aliphatic carbocycles. The van der Waals surface area contributed by atoms with Crippen molar-refractivity contribution in [1.29, 1.82) is 0 Å². The van der Waals surface area contributed by atoms with Crippen molar-refractivity contribution >= 4 is 34.3 Å². The number of imidazole rings is 1. The highest BCUT2D eigenvalue weighted by Crippen LogP contribution is 2.28. The standard InChI is InChI=1S/C14H13BrN2O2.ClH/c15-11-3-1-2-9(6-11)13-16-7-12-5-4-10(14(18)19)8-17(12)13;/h1-3,6-7,10H,4-5,8H2,(H,18,19);1H. The summed E-state index contributed by atoms with van der Waals surface area (Å²) in [5, 5.41) is 9.17. The Balaban J connectivity index is 0.00000147. The zero-order valence-corrected chi connectivity index (χ0v) is 13.0. The first-order valence-corrected chi connectivity index (χ1v) is 6.97. The van der Waals surface area contributed by atoms with E-state index in [1.165, 1.54) is 0 Å². The number of aryl methyl sites for hydroxylation is 1. The number of halogens is 2. The van der Waals surface area contributed by atoms with E-state index < -0.39 is 5.97 Å². The molecule has 0 amide bonds. The van der Waals surface area contributed by atoms with Crippen LogP contribution in [-0.2, 0) is 17.8 Å². The van der Waals surface area contributed by atoms with Gasteiger partial charge in [0.15, 0.2) is 0 Å². The van der Waals surface area contributed by atoms with Crippen LogP contribution in [0.5, 0.6) is 0 Å². The zero-order valence-electron chi connectivity index (χ0n) is 10.6. The van der Waals surface area contributed by atoms with Crippen LogP contribution in [0, 0.1) is 5.92 Å². The maximum atomic E-state index is 11.1. The third-order valence-electron chi connectivity index (χ3n) is 3.52. The van der Waals surface area contributed by atoms with Crippen molar-refractivity contribution in [3.63, 3.8) is 0 Å². The summed E-state index contributed by atoms with van der Waals surface area (Å²) in [7, 11) is 0. The van der Waals surface area contributed by atoms with E-state index in [2.05, 4.69) is 20.9 Å². The molecular formula is C14H14BrClN2O2. The molecule has 1 aliphatic heterocycles. The smallest absolute Gasteiger partial charge is 0.308 e. The highest BCUT2D eigenvalue weighted by atomic mass is 79.9. The van der Waals surface area contributed by atoms with Crippen LogP contribution < -0.4 is 0 Å². The summed E-state index contributed by atoms with van der Waals surface area (Å²) >= 11 is 3.45. The van der Waals surface area contributed by atoms with E-state index in [0.717, 1.165) is 28.0 Å². The Morgan fingerprint density at radius 2 is 2.25 bits per heavy atom. The summed E-state index contributed by atoms with van der Waals surface area (Å²) in [6.45, 7) is 0.506. The molecule has 6 heteroatoms. The molecule has 2 aromatic rings. The average Bonchev–Trinajstić information content (AvgIpc) is 2.81. The van der Waals surface area contributed by atoms with Crippen LogP contribution >= 0.6 is 28.3 Å². The minimum absolute atomic E-state index is 0. The van der Waals surface area contributed by atoms with E-state index in [0.29, 0.717) is 13.0 Å². The molecule has 1 N–H and O–H groups in total. The maximum absolute atomic E-state index is 11.1. The van der Waals surface area contributed by atoms with Crippen molar-refractivity contribution in [3.8, 4) is 11.4 Å². The SMILES string of the molecule is Cl.O=C(O)C1CCc2cnc(-c3cccc(Br)c3)n2C1. The Kier molecular flexibility index (Phi) is 4.50. The van der Waals surface area contributed by atoms with Gasteiger partial charge in [-0.3, -0.25) is 4.79 Å². The number of rotatable bonds is 2. The Hall–Kier alpha value is -1.33. The van der Waals surface area contributed by atoms with Crippen LogP contribution in [0.4, 0.5) is 0 Å². The van der Waals surface area contributed by atoms with Gasteiger partial charge in [-0.1, -0.05) is 28.1 Å². The number of nitrogens with zero attached hydrogens (tertiary/aromatic N) is 2. The number of carboxylic acids is 1. The van der Waals surface area contributed by atoms with E-state index in [4.69, 9.17) is 5.11 Å². The first-order chi connectivity index (χ1) is 9.15. The van der Waals surface area contributed by atoms with Crippen LogP contribution in [0.1, 0.15) is 12.1 Å². The third-order valence-corrected chi connectivity index (χ3v) is 4.02. The third kappa shape index (κ3) is 2.74. The molecule has 4 nitrogen and oxygen atoms in total. The van der Waals surface area contributed by atoms with Crippen molar-refractivity contribution in [2.75, 3.05) is 0 Å². The lowest BCUT2D eigenvalue weighted by molar-refractivity contribution is -0.142. The van der Waals surface area contributed by atoms with Crippen molar-refractivity contribution in [2.24, 2.45) is 5.92 Å². The lowest BCUT2D eigenvalue weighted by Gasteiger charge is -2.22. The van der Waals surface area contributed by atoms with Gasteiger partial charge < -0.3 is 9.67 Å². The fourth-order valence-corrected chi connectivity index (χ4v) is 2.91. The summed E-state index contributed by atoms with van der Waals surface area (Å²) in [6.07, 6.45) is 3.32. The Bertz CT molecular complexity index is 642. The molecule has 0 saturated carbocycles. The molecule has 3 rings (SSSR count). The topological polar surface area (TPSA) is 55.1 Å². The minimum Gasteiger partial charge on any atom is -0.481 e. The molecule has 1 aliphatic rings. The van der Waals surface area contributed by atoms with E-state index in [9.17, 15) is 4.79 Å². The number of benzene rings is 1. The van der Waals surface area contributed by atoms with E-state index in [-0.39, 0.29) is 18.3 Å². The second-order valence-electron chi connectivity index (χ2n) is 4.77. The highest BCUT2D eigenvalue weighted by Gasteiger charge is 2.26. The predicted octanol–water partition coefficient (Wildman–Crippen LogP) is 3.38. The normalized spacial score (nSPS) is 17.1. The number of fused-ring (bicyclic) bond motifs is 1. The lowest BCUT2D eigenvalue weighted by atomic mass is 9.98. The molecular weight excluding hydrogens is 344 g/mol. The molecule has 106 valence electrons. The first-order valence-electron chi connectivity index (χ1n) is 6.18. The van der Waals surface area contributed by atoms with E-state index in [1.807, 2.05) is 35.0 Å². The van der Waals surface area contributed by atoms with Gasteiger partial charge in [0.2, 0.25) is 0 Å². The van der Waals surface area contributed by atoms with Gasteiger partial charge in [-0.25, -0.2) is 4.98 Å². The van der Waals surface area contributed by atoms with Crippen molar-refractivity contribution in [2.45, 2.75) is 19.4 Å². The molecule has 0 saturated heterocycles. The van der Waals surface area contributed by atoms with Crippen molar-refractivity contribution < 1.29 is 9.90 Å². The molecule has 1 unspecified atom stereocenters. The number of hydrogen-bond donors (Lipinski definition) is 1. The Labute approximate surface area is 131 Å². The summed E-state index contributed by atoms with van der Waals surface area (Å²) in [5.74, 6) is -0.186. The number of carboxylic acid groups (broad SMARTS) is 1. The second kappa shape index (κ2) is 5.97. The molecule has 0 fully saturated rings. The number of aromatic nitrogens is 2. The summed E-state index contributed by atoms with van der Waals surface area (Å²) < 4.78 is 3.03. The summed E-state index contributed by atoms with van der Waals surface area (Å²) in [6, 6.07) is 7.91. The fraction of sp³-hybridized carbons (Fsp3) is 0.286. The van der Waals surface area contributed by atoms with E-state index >= 15 is 0 Å². The van der Waals surface area contributed by atoms with Gasteiger partial charge in [-0.2, -0.15) is 0 Å². The summed E-state index contributed by atoms with van der Waals surface area (Å²) in [4.78, 5) is 15.6. The molecule has 1 aromatic heterocycles. The monoisotopic (exact) mass is 356 g/mol. The van der Waals surface area contributed by atoms with Crippen LogP contribution in [0.2, 0.25) is 0 Å². The van der Waals surface area contributed by atoms with Crippen molar-refractivity contribution in [1.82, 2.24) is 9.55 Å². The Morgan fingerprint density at radius 1 is 1.45 bits per heavy atom. The first kappa shape index (κ1) is 15.1. The van der Waals surface area contributed by atoms with Crippen LogP contribution in [0.3, 0.4) is 0 Å². The minimum atomic E-state index is -0.723. The molecule has 1 aromatic carbocycles. The van der Waals surface area contributed by atoms with Crippen LogP contribution in [0.15, 0.2) is 34.9 Å². The van der Waals surface area contributed by atoms with Gasteiger partial charge in [0.25, 0.3) is 0 Å².